The highest BCUT2D eigenvalue weighted by molar-refractivity contribution is 5.97. The number of benzene rings is 1. The third-order valence-electron chi connectivity index (χ3n) is 4.40. The molecule has 0 saturated heterocycles. The zero-order chi connectivity index (χ0) is 15.9. The maximum absolute atomic E-state index is 9.56. The summed E-state index contributed by atoms with van der Waals surface area (Å²) >= 11 is 0. The first kappa shape index (κ1) is 17.5. The number of aryl methyl sites for hydroxylation is 1. The van der Waals surface area contributed by atoms with Crippen LogP contribution >= 0.6 is 0 Å². The van der Waals surface area contributed by atoms with E-state index in [0.717, 1.165) is 31.5 Å². The van der Waals surface area contributed by atoms with Crippen molar-refractivity contribution in [2.45, 2.75) is 40.2 Å². The lowest BCUT2D eigenvalue weighted by Gasteiger charge is -2.29. The number of nitrogens with zero attached hydrogens (tertiary/aromatic N) is 1. The molecule has 5 nitrogen and oxygen atoms in total. The number of hydrogen-bond acceptors (Lipinski definition) is 4. The first-order valence-electron chi connectivity index (χ1n) is 7.41. The molecule has 0 aliphatic heterocycles. The third-order valence-corrected chi connectivity index (χ3v) is 4.40. The number of oxime groups is 1. The zero-order valence-electron chi connectivity index (χ0n) is 13.2. The lowest BCUT2D eigenvalue weighted by atomic mass is 9.83. The summed E-state index contributed by atoms with van der Waals surface area (Å²) in [6.45, 7) is 7.96. The molecule has 0 aliphatic rings. The molecule has 5 heteroatoms. The number of hydrogen-bond donors (Lipinski definition) is 4. The van der Waals surface area contributed by atoms with Crippen molar-refractivity contribution in [2.24, 2.45) is 16.3 Å². The Balaban J connectivity index is 2.68. The van der Waals surface area contributed by atoms with E-state index < -0.39 is 0 Å². The first-order chi connectivity index (χ1) is 10.0. The maximum atomic E-state index is 9.56. The van der Waals surface area contributed by atoms with Crippen LogP contribution in [0.15, 0.2) is 23.4 Å². The van der Waals surface area contributed by atoms with Gasteiger partial charge in [0.2, 0.25) is 0 Å². The molecule has 1 aromatic rings. The van der Waals surface area contributed by atoms with E-state index in [4.69, 9.17) is 10.9 Å². The molecule has 0 radical (unpaired) electrons. The van der Waals surface area contributed by atoms with Gasteiger partial charge in [-0.3, -0.25) is 0 Å². The highest BCUT2D eigenvalue weighted by Crippen LogP contribution is 2.24. The number of amidine groups is 1. The smallest absolute Gasteiger partial charge is 0.170 e. The Bertz CT molecular complexity index is 474. The second-order valence-corrected chi connectivity index (χ2v) is 5.60. The largest absolute Gasteiger partial charge is 0.409 e. The summed E-state index contributed by atoms with van der Waals surface area (Å²) in [7, 11) is 0. The fourth-order valence-electron chi connectivity index (χ4n) is 2.35. The minimum atomic E-state index is -0.0399. The molecule has 21 heavy (non-hydrogen) atoms. The van der Waals surface area contributed by atoms with Crippen molar-refractivity contribution in [2.75, 3.05) is 13.2 Å². The summed E-state index contributed by atoms with van der Waals surface area (Å²) < 4.78 is 0. The number of nitrogens with two attached hydrogens (primary N) is 1. The van der Waals surface area contributed by atoms with E-state index in [1.54, 1.807) is 0 Å². The van der Waals surface area contributed by atoms with Crippen molar-refractivity contribution in [3.05, 3.63) is 34.9 Å². The molecule has 5 N–H and O–H groups in total. The van der Waals surface area contributed by atoms with Gasteiger partial charge in [0.1, 0.15) is 0 Å². The van der Waals surface area contributed by atoms with Crippen LogP contribution in [0.5, 0.6) is 0 Å². The van der Waals surface area contributed by atoms with Gasteiger partial charge >= 0.3 is 0 Å². The lowest BCUT2D eigenvalue weighted by molar-refractivity contribution is 0.113. The molecular formula is C16H27N3O2. The average Bonchev–Trinajstić information content (AvgIpc) is 2.52. The third kappa shape index (κ3) is 4.44. The van der Waals surface area contributed by atoms with Crippen molar-refractivity contribution in [3.8, 4) is 0 Å². The summed E-state index contributed by atoms with van der Waals surface area (Å²) in [5.41, 5.74) is 8.52. The highest BCUT2D eigenvalue weighted by atomic mass is 16.4. The van der Waals surface area contributed by atoms with E-state index >= 15 is 0 Å². The molecule has 0 fully saturated rings. The predicted octanol–water partition coefficient (Wildman–Crippen LogP) is 1.98. The molecule has 0 bridgehead atoms. The average molecular weight is 293 g/mol. The molecule has 0 spiro atoms. The minimum absolute atomic E-state index is 0.0399. The van der Waals surface area contributed by atoms with Gasteiger partial charge in [-0.15, -0.1) is 0 Å². The highest BCUT2D eigenvalue weighted by Gasteiger charge is 2.24. The van der Waals surface area contributed by atoms with Gasteiger partial charge in [-0.05, 0) is 37.0 Å². The molecule has 118 valence electrons. The first-order valence-corrected chi connectivity index (χ1v) is 7.41. The topological polar surface area (TPSA) is 90.9 Å². The molecule has 0 saturated carbocycles. The zero-order valence-corrected chi connectivity index (χ0v) is 13.2. The second kappa shape index (κ2) is 8.00. The van der Waals surface area contributed by atoms with Gasteiger partial charge in [0.15, 0.2) is 5.84 Å². The van der Waals surface area contributed by atoms with Crippen molar-refractivity contribution in [1.82, 2.24) is 5.32 Å². The van der Waals surface area contributed by atoms with Gasteiger partial charge in [-0.2, -0.15) is 0 Å². The number of aliphatic hydroxyl groups excluding tert-OH is 1. The van der Waals surface area contributed by atoms with Crippen LogP contribution in [-0.4, -0.2) is 29.3 Å². The number of rotatable bonds is 8. The SMILES string of the molecule is CCC(CC)(CO)CNCc1ccc(/C(N)=N/O)cc1C. The van der Waals surface area contributed by atoms with E-state index in [2.05, 4.69) is 24.3 Å². The summed E-state index contributed by atoms with van der Waals surface area (Å²) in [5, 5.41) is 24.7. The van der Waals surface area contributed by atoms with Gasteiger partial charge < -0.3 is 21.4 Å². The molecule has 0 unspecified atom stereocenters. The Labute approximate surface area is 126 Å². The minimum Gasteiger partial charge on any atom is -0.409 e. The normalized spacial score (nSPS) is 12.7. The second-order valence-electron chi connectivity index (χ2n) is 5.60. The Morgan fingerprint density at radius 2 is 2.00 bits per heavy atom. The van der Waals surface area contributed by atoms with Crippen molar-refractivity contribution >= 4 is 5.84 Å². The van der Waals surface area contributed by atoms with E-state index in [1.807, 2.05) is 25.1 Å². The fraction of sp³-hybridized carbons (Fsp3) is 0.562. The molecule has 0 amide bonds. The quantitative estimate of drug-likeness (QED) is 0.255. The van der Waals surface area contributed by atoms with Crippen LogP contribution < -0.4 is 11.1 Å². The predicted molar refractivity (Wildman–Crippen MR) is 85.5 cm³/mol. The molecule has 0 aromatic heterocycles. The van der Waals surface area contributed by atoms with E-state index in [9.17, 15) is 5.11 Å². The van der Waals surface area contributed by atoms with Gasteiger partial charge in [0, 0.05) is 30.7 Å². The Kier molecular flexibility index (Phi) is 6.65. The fourth-order valence-corrected chi connectivity index (χ4v) is 2.35. The van der Waals surface area contributed by atoms with Crippen LogP contribution in [0.3, 0.4) is 0 Å². The standard InChI is InChI=1S/C16H27N3O2/c1-4-16(5-2,11-20)10-18-9-14-7-6-13(8-12(14)3)15(17)19-21/h6-8,18,20-21H,4-5,9-11H2,1-3H3,(H2,17,19). The van der Waals surface area contributed by atoms with Crippen LogP contribution in [0.1, 0.15) is 43.4 Å². The summed E-state index contributed by atoms with van der Waals surface area (Å²) in [6.07, 6.45) is 1.91. The van der Waals surface area contributed by atoms with Crippen molar-refractivity contribution in [3.63, 3.8) is 0 Å². The van der Waals surface area contributed by atoms with E-state index in [-0.39, 0.29) is 17.9 Å². The van der Waals surface area contributed by atoms with Crippen LogP contribution in [0.2, 0.25) is 0 Å². The van der Waals surface area contributed by atoms with E-state index in [1.165, 1.54) is 5.56 Å². The maximum Gasteiger partial charge on any atom is 0.170 e. The van der Waals surface area contributed by atoms with Crippen LogP contribution in [0.25, 0.3) is 0 Å². The van der Waals surface area contributed by atoms with Crippen LogP contribution in [0, 0.1) is 12.3 Å². The van der Waals surface area contributed by atoms with Gasteiger partial charge in [0.05, 0.1) is 0 Å². The van der Waals surface area contributed by atoms with Gasteiger partial charge in [-0.1, -0.05) is 31.1 Å². The monoisotopic (exact) mass is 293 g/mol. The Morgan fingerprint density at radius 3 is 2.48 bits per heavy atom. The van der Waals surface area contributed by atoms with E-state index in [0.29, 0.717) is 5.56 Å². The molecule has 0 aliphatic carbocycles. The summed E-state index contributed by atoms with van der Waals surface area (Å²) in [6, 6.07) is 5.73. The molecule has 0 heterocycles. The molecule has 1 rings (SSSR count). The number of nitrogens with one attached hydrogen (secondary N) is 1. The Hall–Kier alpha value is -1.59. The van der Waals surface area contributed by atoms with Crippen LogP contribution in [-0.2, 0) is 6.54 Å². The lowest BCUT2D eigenvalue weighted by Crippen LogP contribution is -2.36. The van der Waals surface area contributed by atoms with Crippen LogP contribution in [0.4, 0.5) is 0 Å². The summed E-state index contributed by atoms with van der Waals surface area (Å²) in [5.74, 6) is 0.119. The van der Waals surface area contributed by atoms with Crippen molar-refractivity contribution in [1.29, 1.82) is 0 Å². The van der Waals surface area contributed by atoms with Gasteiger partial charge in [0.25, 0.3) is 0 Å². The van der Waals surface area contributed by atoms with Gasteiger partial charge in [-0.25, -0.2) is 0 Å². The summed E-state index contributed by atoms with van der Waals surface area (Å²) in [4.78, 5) is 0. The molecule has 1 aromatic carbocycles. The molecule has 0 atom stereocenters. The Morgan fingerprint density at radius 1 is 1.33 bits per heavy atom. The molecular weight excluding hydrogens is 266 g/mol. The van der Waals surface area contributed by atoms with Crippen molar-refractivity contribution < 1.29 is 10.3 Å². The number of aliphatic hydroxyl groups is 1.